The lowest BCUT2D eigenvalue weighted by atomic mass is 10.1. The highest BCUT2D eigenvalue weighted by Crippen LogP contribution is 2.18. The molecule has 2 N–H and O–H groups in total. The van der Waals surface area contributed by atoms with Gasteiger partial charge in [-0.1, -0.05) is 6.07 Å². The van der Waals surface area contributed by atoms with Gasteiger partial charge in [0, 0.05) is 13.1 Å². The van der Waals surface area contributed by atoms with Crippen molar-refractivity contribution in [1.29, 1.82) is 0 Å². The van der Waals surface area contributed by atoms with E-state index >= 15 is 0 Å². The van der Waals surface area contributed by atoms with Gasteiger partial charge in [0.05, 0.1) is 13.0 Å². The number of aryl methyl sites for hydroxylation is 2. The zero-order chi connectivity index (χ0) is 14.5. The smallest absolute Gasteiger partial charge is 0.226 e. The van der Waals surface area contributed by atoms with Crippen molar-refractivity contribution in [2.45, 2.75) is 26.7 Å². The minimum atomic E-state index is 0.172. The molecule has 110 valence electrons. The Morgan fingerprint density at radius 1 is 1.35 bits per heavy atom. The molecule has 20 heavy (non-hydrogen) atoms. The van der Waals surface area contributed by atoms with Crippen LogP contribution in [0, 0.1) is 19.8 Å². The van der Waals surface area contributed by atoms with Gasteiger partial charge in [-0.15, -0.1) is 0 Å². The molecule has 4 nitrogen and oxygen atoms in total. The molecule has 4 heteroatoms. The SMILES string of the molecule is Cc1cc(C)cc(OCCC(=O)N2CCC(CN)C2)c1. The van der Waals surface area contributed by atoms with Crippen LogP contribution in [0.3, 0.4) is 0 Å². The van der Waals surface area contributed by atoms with Crippen LogP contribution in [0.15, 0.2) is 18.2 Å². The van der Waals surface area contributed by atoms with E-state index in [-0.39, 0.29) is 5.91 Å². The normalized spacial score (nSPS) is 18.4. The summed E-state index contributed by atoms with van der Waals surface area (Å²) in [4.78, 5) is 13.9. The molecule has 0 spiro atoms. The minimum absolute atomic E-state index is 0.172. The van der Waals surface area contributed by atoms with E-state index in [0.29, 0.717) is 25.5 Å². The summed E-state index contributed by atoms with van der Waals surface area (Å²) in [5.41, 5.74) is 7.99. The van der Waals surface area contributed by atoms with Crippen LogP contribution in [0.25, 0.3) is 0 Å². The van der Waals surface area contributed by atoms with Crippen LogP contribution in [-0.2, 0) is 4.79 Å². The minimum Gasteiger partial charge on any atom is -0.493 e. The fourth-order valence-corrected chi connectivity index (χ4v) is 2.68. The van der Waals surface area contributed by atoms with Crippen molar-refractivity contribution in [2.24, 2.45) is 11.7 Å². The summed E-state index contributed by atoms with van der Waals surface area (Å²) in [5.74, 6) is 1.49. The van der Waals surface area contributed by atoms with Crippen molar-refractivity contribution >= 4 is 5.91 Å². The van der Waals surface area contributed by atoms with Gasteiger partial charge in [-0.25, -0.2) is 0 Å². The number of nitrogens with zero attached hydrogens (tertiary/aromatic N) is 1. The van der Waals surface area contributed by atoms with Crippen LogP contribution in [-0.4, -0.2) is 37.0 Å². The maximum Gasteiger partial charge on any atom is 0.226 e. The van der Waals surface area contributed by atoms with Crippen LogP contribution in [0.4, 0.5) is 0 Å². The average Bonchev–Trinajstić information content (AvgIpc) is 2.86. The van der Waals surface area contributed by atoms with Gasteiger partial charge in [0.25, 0.3) is 0 Å². The third kappa shape index (κ3) is 3.97. The number of carbonyl (C=O) groups is 1. The largest absolute Gasteiger partial charge is 0.493 e. The Bertz CT molecular complexity index is 453. The highest BCUT2D eigenvalue weighted by molar-refractivity contribution is 5.76. The third-order valence-corrected chi connectivity index (χ3v) is 3.75. The Labute approximate surface area is 120 Å². The summed E-state index contributed by atoms with van der Waals surface area (Å²) in [6.07, 6.45) is 1.46. The van der Waals surface area contributed by atoms with Crippen LogP contribution in [0.2, 0.25) is 0 Å². The first kappa shape index (κ1) is 14.9. The molecule has 0 saturated carbocycles. The molecule has 2 rings (SSSR count). The predicted octanol–water partition coefficient (Wildman–Crippen LogP) is 1.88. The third-order valence-electron chi connectivity index (χ3n) is 3.75. The van der Waals surface area contributed by atoms with Gasteiger partial charge in [-0.05, 0) is 56.0 Å². The summed E-state index contributed by atoms with van der Waals surface area (Å²) in [6, 6.07) is 6.10. The molecule has 0 aromatic heterocycles. The van der Waals surface area contributed by atoms with Gasteiger partial charge in [0.15, 0.2) is 0 Å². The van der Waals surface area contributed by atoms with Crippen LogP contribution in [0.5, 0.6) is 5.75 Å². The summed E-state index contributed by atoms with van der Waals surface area (Å²) < 4.78 is 5.68. The Morgan fingerprint density at radius 2 is 2.05 bits per heavy atom. The molecule has 1 unspecified atom stereocenters. The van der Waals surface area contributed by atoms with Gasteiger partial charge in [-0.3, -0.25) is 4.79 Å². The molecule has 1 aliphatic rings. The average molecular weight is 276 g/mol. The molecule has 0 bridgehead atoms. The van der Waals surface area contributed by atoms with E-state index in [1.165, 1.54) is 11.1 Å². The van der Waals surface area contributed by atoms with E-state index in [2.05, 4.69) is 6.07 Å². The number of benzene rings is 1. The molecular weight excluding hydrogens is 252 g/mol. The van der Waals surface area contributed by atoms with Crippen molar-refractivity contribution in [3.63, 3.8) is 0 Å². The van der Waals surface area contributed by atoms with Gasteiger partial charge in [0.1, 0.15) is 5.75 Å². The highest BCUT2D eigenvalue weighted by atomic mass is 16.5. The van der Waals surface area contributed by atoms with Gasteiger partial charge < -0.3 is 15.4 Å². The summed E-state index contributed by atoms with van der Waals surface area (Å²) >= 11 is 0. The van der Waals surface area contributed by atoms with Crippen molar-refractivity contribution in [1.82, 2.24) is 4.90 Å². The van der Waals surface area contributed by atoms with E-state index in [0.717, 1.165) is 25.3 Å². The summed E-state index contributed by atoms with van der Waals surface area (Å²) in [7, 11) is 0. The standard InChI is InChI=1S/C16H24N2O2/c1-12-7-13(2)9-15(8-12)20-6-4-16(19)18-5-3-14(10-17)11-18/h7-9,14H,3-6,10-11,17H2,1-2H3. The first-order valence-corrected chi connectivity index (χ1v) is 7.27. The molecule has 1 heterocycles. The molecule has 1 amide bonds. The topological polar surface area (TPSA) is 55.6 Å². The number of hydrogen-bond acceptors (Lipinski definition) is 3. The molecular formula is C16H24N2O2. The monoisotopic (exact) mass is 276 g/mol. The molecule has 0 aliphatic carbocycles. The fraction of sp³-hybridized carbons (Fsp3) is 0.562. The predicted molar refractivity (Wildman–Crippen MR) is 79.8 cm³/mol. The van der Waals surface area contributed by atoms with E-state index in [9.17, 15) is 4.79 Å². The second-order valence-electron chi connectivity index (χ2n) is 5.65. The van der Waals surface area contributed by atoms with Gasteiger partial charge in [0.2, 0.25) is 5.91 Å². The molecule has 1 aromatic carbocycles. The lowest BCUT2D eigenvalue weighted by molar-refractivity contribution is -0.130. The summed E-state index contributed by atoms with van der Waals surface area (Å²) in [6.45, 7) is 6.84. The fourth-order valence-electron chi connectivity index (χ4n) is 2.68. The van der Waals surface area contributed by atoms with Crippen molar-refractivity contribution in [3.05, 3.63) is 29.3 Å². The molecule has 1 aliphatic heterocycles. The highest BCUT2D eigenvalue weighted by Gasteiger charge is 2.24. The summed E-state index contributed by atoms with van der Waals surface area (Å²) in [5, 5.41) is 0. The van der Waals surface area contributed by atoms with Crippen LogP contribution < -0.4 is 10.5 Å². The second-order valence-corrected chi connectivity index (χ2v) is 5.65. The van der Waals surface area contributed by atoms with E-state index < -0.39 is 0 Å². The number of carbonyl (C=O) groups excluding carboxylic acids is 1. The number of nitrogens with two attached hydrogens (primary N) is 1. The van der Waals surface area contributed by atoms with Crippen LogP contribution >= 0.6 is 0 Å². The van der Waals surface area contributed by atoms with E-state index in [1.807, 2.05) is 30.9 Å². The maximum atomic E-state index is 12.0. The van der Waals surface area contributed by atoms with Crippen molar-refractivity contribution in [2.75, 3.05) is 26.2 Å². The number of amides is 1. The molecule has 0 radical (unpaired) electrons. The first-order valence-electron chi connectivity index (χ1n) is 7.27. The zero-order valence-corrected chi connectivity index (χ0v) is 12.4. The van der Waals surface area contributed by atoms with Gasteiger partial charge >= 0.3 is 0 Å². The Kier molecular flexibility index (Phi) is 5.01. The van der Waals surface area contributed by atoms with E-state index in [4.69, 9.17) is 10.5 Å². The molecule has 1 fully saturated rings. The van der Waals surface area contributed by atoms with Crippen molar-refractivity contribution in [3.8, 4) is 5.75 Å². The van der Waals surface area contributed by atoms with Crippen molar-refractivity contribution < 1.29 is 9.53 Å². The lowest BCUT2D eigenvalue weighted by Gasteiger charge is -2.16. The van der Waals surface area contributed by atoms with E-state index in [1.54, 1.807) is 0 Å². The number of hydrogen-bond donors (Lipinski definition) is 1. The van der Waals surface area contributed by atoms with Gasteiger partial charge in [-0.2, -0.15) is 0 Å². The second kappa shape index (κ2) is 6.75. The first-order chi connectivity index (χ1) is 9.58. The number of rotatable bonds is 5. The molecule has 1 atom stereocenters. The Hall–Kier alpha value is -1.55. The van der Waals surface area contributed by atoms with Crippen LogP contribution in [0.1, 0.15) is 24.0 Å². The molecule has 1 aromatic rings. The Morgan fingerprint density at radius 3 is 2.65 bits per heavy atom. The zero-order valence-electron chi connectivity index (χ0n) is 12.4. The molecule has 1 saturated heterocycles. The quantitative estimate of drug-likeness (QED) is 0.893. The number of ether oxygens (including phenoxy) is 1. The lowest BCUT2D eigenvalue weighted by Crippen LogP contribution is -2.30. The Balaban J connectivity index is 1.77. The maximum absolute atomic E-state index is 12.0. The number of likely N-dealkylation sites (tertiary alicyclic amines) is 1.